The zero-order valence-electron chi connectivity index (χ0n) is 8.76. The number of primary amides is 1. The van der Waals surface area contributed by atoms with Crippen molar-refractivity contribution in [3.63, 3.8) is 0 Å². The zero-order chi connectivity index (χ0) is 10.8. The number of halogens is 1. The first-order chi connectivity index (χ1) is 7.16. The molecule has 1 aromatic rings. The van der Waals surface area contributed by atoms with Gasteiger partial charge in [0, 0.05) is 19.1 Å². The Balaban J connectivity index is 0.00000128. The molecule has 1 aliphatic rings. The minimum Gasteiger partial charge on any atom is -0.365 e. The van der Waals surface area contributed by atoms with Crippen LogP contribution >= 0.6 is 23.7 Å². The number of aromatic nitrogens is 1. The number of rotatable bonds is 2. The van der Waals surface area contributed by atoms with Gasteiger partial charge in [0.2, 0.25) is 0 Å². The van der Waals surface area contributed by atoms with Crippen LogP contribution in [0.4, 0.5) is 5.13 Å². The molecule has 1 aliphatic heterocycles. The van der Waals surface area contributed by atoms with Crippen LogP contribution < -0.4 is 16.4 Å². The molecule has 0 spiro atoms. The average molecular weight is 263 g/mol. The first-order valence-electron chi connectivity index (χ1n) is 4.93. The van der Waals surface area contributed by atoms with Crippen molar-refractivity contribution in [2.24, 2.45) is 11.5 Å². The van der Waals surface area contributed by atoms with E-state index in [1.54, 1.807) is 0 Å². The number of hydrogen-bond donors (Lipinski definition) is 2. The highest BCUT2D eigenvalue weighted by Crippen LogP contribution is 2.24. The second kappa shape index (κ2) is 5.47. The van der Waals surface area contributed by atoms with Crippen molar-refractivity contribution in [1.29, 1.82) is 0 Å². The van der Waals surface area contributed by atoms with E-state index in [-0.39, 0.29) is 12.4 Å². The Hall–Kier alpha value is -0.850. The highest BCUT2D eigenvalue weighted by atomic mass is 35.5. The topological polar surface area (TPSA) is 85.2 Å². The fraction of sp³-hybridized carbons (Fsp3) is 0.556. The van der Waals surface area contributed by atoms with Crippen molar-refractivity contribution in [2.45, 2.75) is 18.9 Å². The summed E-state index contributed by atoms with van der Waals surface area (Å²) in [4.78, 5) is 17.8. The fourth-order valence-corrected chi connectivity index (χ4v) is 2.44. The Labute approximate surface area is 104 Å². The molecule has 0 aromatic carbocycles. The van der Waals surface area contributed by atoms with Crippen molar-refractivity contribution in [3.8, 4) is 0 Å². The maximum atomic E-state index is 10.9. The largest absolute Gasteiger partial charge is 0.365 e. The van der Waals surface area contributed by atoms with E-state index in [2.05, 4.69) is 9.88 Å². The Bertz CT molecular complexity index is 362. The summed E-state index contributed by atoms with van der Waals surface area (Å²) in [5.74, 6) is -0.410. The van der Waals surface area contributed by atoms with Crippen molar-refractivity contribution in [3.05, 3.63) is 11.1 Å². The van der Waals surface area contributed by atoms with E-state index < -0.39 is 5.91 Å². The molecule has 90 valence electrons. The lowest BCUT2D eigenvalue weighted by molar-refractivity contribution is 0.100. The van der Waals surface area contributed by atoms with Gasteiger partial charge in [-0.05, 0) is 12.8 Å². The number of hydrogen-bond acceptors (Lipinski definition) is 5. The summed E-state index contributed by atoms with van der Waals surface area (Å²) >= 11 is 1.35. The van der Waals surface area contributed by atoms with Crippen molar-refractivity contribution in [1.82, 2.24) is 4.98 Å². The van der Waals surface area contributed by atoms with Crippen LogP contribution in [0.15, 0.2) is 6.20 Å². The van der Waals surface area contributed by atoms with Gasteiger partial charge in [-0.3, -0.25) is 4.79 Å². The summed E-state index contributed by atoms with van der Waals surface area (Å²) in [5.41, 5.74) is 11.0. The van der Waals surface area contributed by atoms with Gasteiger partial charge in [-0.25, -0.2) is 4.98 Å². The molecule has 0 bridgehead atoms. The second-order valence-corrected chi connectivity index (χ2v) is 4.70. The number of carbonyl (C=O) groups is 1. The van der Waals surface area contributed by atoms with Crippen LogP contribution in [0.2, 0.25) is 0 Å². The Kier molecular flexibility index (Phi) is 4.52. The molecule has 16 heavy (non-hydrogen) atoms. The standard InChI is InChI=1S/C9H14N4OS.ClH/c10-6-1-3-13(4-2-6)9-12-5-7(15-9)8(11)14;/h5-6H,1-4,10H2,(H2,11,14);1H. The number of amides is 1. The van der Waals surface area contributed by atoms with E-state index >= 15 is 0 Å². The molecule has 1 amide bonds. The minimum absolute atomic E-state index is 0. The maximum absolute atomic E-state index is 10.9. The lowest BCUT2D eigenvalue weighted by atomic mass is 10.1. The van der Waals surface area contributed by atoms with Crippen LogP contribution in [0.5, 0.6) is 0 Å². The van der Waals surface area contributed by atoms with Gasteiger partial charge in [0.1, 0.15) is 4.88 Å². The minimum atomic E-state index is -0.410. The first kappa shape index (κ1) is 13.2. The number of carbonyl (C=O) groups excluding carboxylic acids is 1. The van der Waals surface area contributed by atoms with Crippen LogP contribution in [-0.2, 0) is 0 Å². The van der Waals surface area contributed by atoms with Gasteiger partial charge in [0.25, 0.3) is 5.91 Å². The molecule has 5 nitrogen and oxygen atoms in total. The van der Waals surface area contributed by atoms with Gasteiger partial charge in [-0.15, -0.1) is 12.4 Å². The molecule has 0 aliphatic carbocycles. The molecule has 4 N–H and O–H groups in total. The maximum Gasteiger partial charge on any atom is 0.260 e. The van der Waals surface area contributed by atoms with Crippen molar-refractivity contribution >= 4 is 34.8 Å². The molecule has 1 saturated heterocycles. The number of nitrogens with zero attached hydrogens (tertiary/aromatic N) is 2. The normalized spacial score (nSPS) is 16.9. The van der Waals surface area contributed by atoms with Gasteiger partial charge in [0.05, 0.1) is 6.20 Å². The molecule has 2 rings (SSSR count). The van der Waals surface area contributed by atoms with Gasteiger partial charge in [-0.1, -0.05) is 11.3 Å². The molecule has 0 radical (unpaired) electrons. The predicted molar refractivity (Wildman–Crippen MR) is 67.3 cm³/mol. The number of anilines is 1. The first-order valence-corrected chi connectivity index (χ1v) is 5.74. The van der Waals surface area contributed by atoms with Crippen LogP contribution in [0.3, 0.4) is 0 Å². The average Bonchev–Trinajstić information content (AvgIpc) is 2.68. The summed E-state index contributed by atoms with van der Waals surface area (Å²) in [5, 5.41) is 0.871. The highest BCUT2D eigenvalue weighted by molar-refractivity contribution is 7.17. The van der Waals surface area contributed by atoms with Gasteiger partial charge < -0.3 is 16.4 Å². The van der Waals surface area contributed by atoms with E-state index in [1.807, 2.05) is 0 Å². The van der Waals surface area contributed by atoms with Gasteiger partial charge in [-0.2, -0.15) is 0 Å². The smallest absolute Gasteiger partial charge is 0.260 e. The lowest BCUT2D eigenvalue weighted by Gasteiger charge is -2.29. The summed E-state index contributed by atoms with van der Waals surface area (Å²) in [6, 6.07) is 0.303. The van der Waals surface area contributed by atoms with Crippen molar-refractivity contribution < 1.29 is 4.79 Å². The van der Waals surface area contributed by atoms with Crippen LogP contribution in [0.1, 0.15) is 22.5 Å². The number of piperidine rings is 1. The molecular formula is C9H15ClN4OS. The molecule has 0 saturated carbocycles. The Morgan fingerprint density at radius 1 is 1.50 bits per heavy atom. The fourth-order valence-electron chi connectivity index (χ4n) is 1.62. The van der Waals surface area contributed by atoms with Crippen LogP contribution in [0.25, 0.3) is 0 Å². The molecular weight excluding hydrogens is 248 g/mol. The highest BCUT2D eigenvalue weighted by Gasteiger charge is 2.19. The lowest BCUT2D eigenvalue weighted by Crippen LogP contribution is -2.39. The number of nitrogens with two attached hydrogens (primary N) is 2. The monoisotopic (exact) mass is 262 g/mol. The summed E-state index contributed by atoms with van der Waals surface area (Å²) < 4.78 is 0. The zero-order valence-corrected chi connectivity index (χ0v) is 10.4. The van der Waals surface area contributed by atoms with E-state index in [1.165, 1.54) is 17.5 Å². The van der Waals surface area contributed by atoms with E-state index in [9.17, 15) is 4.79 Å². The quantitative estimate of drug-likeness (QED) is 0.817. The van der Waals surface area contributed by atoms with E-state index in [0.717, 1.165) is 31.1 Å². The number of thiazole rings is 1. The molecule has 7 heteroatoms. The Morgan fingerprint density at radius 3 is 2.62 bits per heavy atom. The third kappa shape index (κ3) is 2.84. The summed E-state index contributed by atoms with van der Waals surface area (Å²) in [7, 11) is 0. The SMILES string of the molecule is Cl.NC(=O)c1cnc(N2CCC(N)CC2)s1. The van der Waals surface area contributed by atoms with Crippen LogP contribution in [0, 0.1) is 0 Å². The molecule has 0 unspecified atom stereocenters. The molecule has 1 aromatic heterocycles. The second-order valence-electron chi connectivity index (χ2n) is 3.70. The van der Waals surface area contributed by atoms with Gasteiger partial charge in [0.15, 0.2) is 5.13 Å². The van der Waals surface area contributed by atoms with Crippen molar-refractivity contribution in [2.75, 3.05) is 18.0 Å². The molecule has 2 heterocycles. The van der Waals surface area contributed by atoms with Gasteiger partial charge >= 0.3 is 0 Å². The summed E-state index contributed by atoms with van der Waals surface area (Å²) in [6.45, 7) is 1.82. The molecule has 0 atom stereocenters. The predicted octanol–water partition coefficient (Wildman–Crippen LogP) is 0.591. The molecule has 1 fully saturated rings. The third-order valence-corrected chi connectivity index (χ3v) is 3.62. The summed E-state index contributed by atoms with van der Waals surface area (Å²) in [6.07, 6.45) is 3.49. The van der Waals surface area contributed by atoms with Crippen LogP contribution in [-0.4, -0.2) is 30.0 Å². The van der Waals surface area contributed by atoms with E-state index in [4.69, 9.17) is 11.5 Å². The Morgan fingerprint density at radius 2 is 2.12 bits per heavy atom. The third-order valence-electron chi connectivity index (χ3n) is 2.55. The van der Waals surface area contributed by atoms with E-state index in [0.29, 0.717) is 10.9 Å².